The number of aromatic nitrogens is 2. The summed E-state index contributed by atoms with van der Waals surface area (Å²) in [7, 11) is 0. The molecule has 4 rings (SSSR count). The molecule has 0 radical (unpaired) electrons. The van der Waals surface area contributed by atoms with E-state index in [4.69, 9.17) is 5.73 Å². The molecule has 3 aromatic rings. The highest BCUT2D eigenvalue weighted by Crippen LogP contribution is 2.22. The van der Waals surface area contributed by atoms with Crippen LogP contribution in [-0.2, 0) is 11.2 Å². The van der Waals surface area contributed by atoms with Crippen LogP contribution in [0.3, 0.4) is 0 Å². The fourth-order valence-electron chi connectivity index (χ4n) is 4.41. The summed E-state index contributed by atoms with van der Waals surface area (Å²) in [6.45, 7) is 3.54. The molecule has 0 aliphatic carbocycles. The average Bonchev–Trinajstić information content (AvgIpc) is 3.22. The maximum absolute atomic E-state index is 12.8. The second-order valence-corrected chi connectivity index (χ2v) is 8.92. The summed E-state index contributed by atoms with van der Waals surface area (Å²) in [5, 5.41) is 17.1. The molecule has 0 saturated carbocycles. The second kappa shape index (κ2) is 10.9. The van der Waals surface area contributed by atoms with Gasteiger partial charge in [-0.05, 0) is 56.9 Å². The summed E-state index contributed by atoms with van der Waals surface area (Å²) in [6, 6.07) is 19.1. The molecule has 3 N–H and O–H groups in total. The van der Waals surface area contributed by atoms with Crippen molar-refractivity contribution < 1.29 is 9.59 Å². The third-order valence-corrected chi connectivity index (χ3v) is 6.37. The Morgan fingerprint density at radius 1 is 1.17 bits per heavy atom. The number of benzene rings is 2. The molecule has 1 aliphatic heterocycles. The smallest absolute Gasteiger partial charge is 0.253 e. The number of nitrogen functional groups attached to an aromatic ring is 1. The van der Waals surface area contributed by atoms with Crippen molar-refractivity contribution in [1.82, 2.24) is 20.0 Å². The van der Waals surface area contributed by atoms with Crippen LogP contribution in [0.25, 0.3) is 5.69 Å². The molecule has 1 fully saturated rings. The molecular formula is C27H30N6O2. The minimum atomic E-state index is -0.222. The monoisotopic (exact) mass is 470 g/mol. The van der Waals surface area contributed by atoms with Gasteiger partial charge in [-0.15, -0.1) is 0 Å². The first kappa shape index (κ1) is 24.0. The molecule has 180 valence electrons. The number of nitrogens with one attached hydrogen (secondary N) is 1. The standard InChI is InChI=1S/C27H30N6O2/c1-19-11-13-20(14-12-19)27(35)32-16-6-7-21(18-32)26(34)30-15-5-10-24-23(17-28)25(29)33(31-24)22-8-3-2-4-9-22/h2-4,8-9,11-14,21H,5-7,10,15-16,18,29H2,1H3,(H,30,34). The van der Waals surface area contributed by atoms with Crippen LogP contribution in [0.2, 0.25) is 0 Å². The van der Waals surface area contributed by atoms with Gasteiger partial charge in [0, 0.05) is 25.2 Å². The second-order valence-electron chi connectivity index (χ2n) is 8.92. The third kappa shape index (κ3) is 5.52. The van der Waals surface area contributed by atoms with Gasteiger partial charge in [0.1, 0.15) is 17.5 Å². The largest absolute Gasteiger partial charge is 0.382 e. The fourth-order valence-corrected chi connectivity index (χ4v) is 4.41. The van der Waals surface area contributed by atoms with Crippen molar-refractivity contribution in [2.45, 2.75) is 32.6 Å². The Labute approximate surface area is 205 Å². The number of rotatable bonds is 7. The number of likely N-dealkylation sites (tertiary alicyclic amines) is 1. The molecule has 0 bridgehead atoms. The molecule has 0 spiro atoms. The predicted molar refractivity (Wildman–Crippen MR) is 134 cm³/mol. The van der Waals surface area contributed by atoms with E-state index in [1.807, 2.05) is 61.5 Å². The first-order chi connectivity index (χ1) is 17.0. The number of hydrogen-bond donors (Lipinski definition) is 2. The van der Waals surface area contributed by atoms with Crippen LogP contribution in [0.15, 0.2) is 54.6 Å². The van der Waals surface area contributed by atoms with Gasteiger partial charge >= 0.3 is 0 Å². The number of anilines is 1. The number of hydrogen-bond acceptors (Lipinski definition) is 5. The third-order valence-electron chi connectivity index (χ3n) is 6.37. The fraction of sp³-hybridized carbons (Fsp3) is 0.333. The number of nitrogens with zero attached hydrogens (tertiary/aromatic N) is 4. The average molecular weight is 471 g/mol. The molecular weight excluding hydrogens is 440 g/mol. The number of carbonyl (C=O) groups excluding carboxylic acids is 2. The van der Waals surface area contributed by atoms with E-state index in [1.54, 1.807) is 9.58 Å². The van der Waals surface area contributed by atoms with Crippen molar-refractivity contribution in [2.75, 3.05) is 25.4 Å². The molecule has 1 aliphatic rings. The number of nitriles is 1. The predicted octanol–water partition coefficient (Wildman–Crippen LogP) is 3.24. The van der Waals surface area contributed by atoms with Crippen molar-refractivity contribution in [3.8, 4) is 11.8 Å². The minimum Gasteiger partial charge on any atom is -0.382 e. The Hall–Kier alpha value is -4.12. The topological polar surface area (TPSA) is 117 Å². The highest BCUT2D eigenvalue weighted by atomic mass is 16.2. The lowest BCUT2D eigenvalue weighted by Crippen LogP contribution is -2.45. The van der Waals surface area contributed by atoms with Crippen molar-refractivity contribution in [3.05, 3.63) is 77.0 Å². The van der Waals surface area contributed by atoms with E-state index < -0.39 is 0 Å². The van der Waals surface area contributed by atoms with Gasteiger partial charge in [-0.25, -0.2) is 4.68 Å². The molecule has 2 heterocycles. The Morgan fingerprint density at radius 2 is 1.91 bits per heavy atom. The summed E-state index contributed by atoms with van der Waals surface area (Å²) in [5.41, 5.74) is 9.71. The number of nitrogens with two attached hydrogens (primary N) is 1. The summed E-state index contributed by atoms with van der Waals surface area (Å²) < 4.78 is 1.58. The van der Waals surface area contributed by atoms with Crippen LogP contribution in [0.1, 0.15) is 46.4 Å². The van der Waals surface area contributed by atoms with Crippen LogP contribution in [0.5, 0.6) is 0 Å². The summed E-state index contributed by atoms with van der Waals surface area (Å²) in [5.74, 6) is 0.0263. The van der Waals surface area contributed by atoms with Gasteiger partial charge in [-0.1, -0.05) is 35.9 Å². The first-order valence-electron chi connectivity index (χ1n) is 11.9. The van der Waals surface area contributed by atoms with E-state index in [9.17, 15) is 14.9 Å². The minimum absolute atomic E-state index is 0.0295. The van der Waals surface area contributed by atoms with Crippen molar-refractivity contribution in [1.29, 1.82) is 5.26 Å². The summed E-state index contributed by atoms with van der Waals surface area (Å²) >= 11 is 0. The number of para-hydroxylation sites is 1. The van der Waals surface area contributed by atoms with Gasteiger partial charge in [0.25, 0.3) is 5.91 Å². The van der Waals surface area contributed by atoms with E-state index in [1.165, 1.54) is 0 Å². The Balaban J connectivity index is 1.30. The molecule has 1 unspecified atom stereocenters. The normalized spacial score (nSPS) is 15.4. The maximum atomic E-state index is 12.8. The van der Waals surface area contributed by atoms with Gasteiger partial charge in [0.15, 0.2) is 0 Å². The summed E-state index contributed by atoms with van der Waals surface area (Å²) in [4.78, 5) is 27.4. The lowest BCUT2D eigenvalue weighted by molar-refractivity contribution is -0.126. The Morgan fingerprint density at radius 3 is 2.63 bits per heavy atom. The van der Waals surface area contributed by atoms with Gasteiger partial charge in [0.2, 0.25) is 5.91 Å². The Bertz CT molecular complexity index is 1230. The molecule has 8 heteroatoms. The van der Waals surface area contributed by atoms with Crippen LogP contribution < -0.4 is 11.1 Å². The van der Waals surface area contributed by atoms with Crippen LogP contribution in [0, 0.1) is 24.2 Å². The van der Waals surface area contributed by atoms with E-state index in [-0.39, 0.29) is 17.7 Å². The van der Waals surface area contributed by atoms with Gasteiger partial charge < -0.3 is 16.0 Å². The van der Waals surface area contributed by atoms with Gasteiger partial charge in [-0.3, -0.25) is 9.59 Å². The molecule has 2 aromatic carbocycles. The lowest BCUT2D eigenvalue weighted by atomic mass is 9.96. The zero-order valence-electron chi connectivity index (χ0n) is 19.9. The molecule has 1 atom stereocenters. The van der Waals surface area contributed by atoms with Gasteiger partial charge in [0.05, 0.1) is 17.3 Å². The zero-order valence-corrected chi connectivity index (χ0v) is 19.9. The number of amides is 2. The molecule has 2 amide bonds. The van der Waals surface area contributed by atoms with Crippen LogP contribution in [0.4, 0.5) is 5.82 Å². The highest BCUT2D eigenvalue weighted by Gasteiger charge is 2.28. The molecule has 1 saturated heterocycles. The number of carbonyl (C=O) groups is 2. The lowest BCUT2D eigenvalue weighted by Gasteiger charge is -2.32. The number of piperidine rings is 1. The first-order valence-corrected chi connectivity index (χ1v) is 11.9. The van der Waals surface area contributed by atoms with E-state index in [0.29, 0.717) is 55.1 Å². The Kier molecular flexibility index (Phi) is 7.46. The highest BCUT2D eigenvalue weighted by molar-refractivity contribution is 5.94. The molecule has 1 aromatic heterocycles. The van der Waals surface area contributed by atoms with Crippen molar-refractivity contribution in [2.24, 2.45) is 5.92 Å². The SMILES string of the molecule is Cc1ccc(C(=O)N2CCCC(C(=O)NCCCc3nn(-c4ccccc4)c(N)c3C#N)C2)cc1. The van der Waals surface area contributed by atoms with Crippen LogP contribution in [-0.4, -0.2) is 46.1 Å². The van der Waals surface area contributed by atoms with Crippen molar-refractivity contribution in [3.63, 3.8) is 0 Å². The van der Waals surface area contributed by atoms with E-state index in [2.05, 4.69) is 16.5 Å². The summed E-state index contributed by atoms with van der Waals surface area (Å²) in [6.07, 6.45) is 2.72. The molecule has 8 nitrogen and oxygen atoms in total. The van der Waals surface area contributed by atoms with E-state index in [0.717, 1.165) is 24.1 Å². The quantitative estimate of drug-likeness (QED) is 0.514. The zero-order chi connectivity index (χ0) is 24.8. The van der Waals surface area contributed by atoms with Gasteiger partial charge in [-0.2, -0.15) is 10.4 Å². The van der Waals surface area contributed by atoms with Crippen molar-refractivity contribution >= 4 is 17.6 Å². The molecule has 35 heavy (non-hydrogen) atoms. The van der Waals surface area contributed by atoms with E-state index >= 15 is 0 Å². The maximum Gasteiger partial charge on any atom is 0.253 e. The van der Waals surface area contributed by atoms with Crippen LogP contribution >= 0.6 is 0 Å². The number of aryl methyl sites for hydroxylation is 2.